The van der Waals surface area contributed by atoms with Gasteiger partial charge in [0.2, 0.25) is 0 Å². The van der Waals surface area contributed by atoms with Gasteiger partial charge in [0.15, 0.2) is 5.78 Å². The molecule has 0 aliphatic heterocycles. The highest BCUT2D eigenvalue weighted by Gasteiger charge is 2.17. The molecule has 0 saturated carbocycles. The molecular weight excluding hydrogens is 124 g/mol. The maximum atomic E-state index is 11.1. The first-order chi connectivity index (χ1) is 4.88. The summed E-state index contributed by atoms with van der Waals surface area (Å²) in [4.78, 5) is 11.1. The molecule has 2 aliphatic rings. The lowest BCUT2D eigenvalue weighted by atomic mass is 10.0. The van der Waals surface area contributed by atoms with Crippen LogP contribution >= 0.6 is 0 Å². The molecule has 1 heteroatoms. The molecule has 2 aliphatic carbocycles. The Balaban J connectivity index is 2.48. The molecule has 0 aromatic heterocycles. The van der Waals surface area contributed by atoms with Crippen molar-refractivity contribution in [1.29, 1.82) is 0 Å². The molecule has 0 aromatic carbocycles. The molecule has 0 radical (unpaired) electrons. The molecule has 1 nitrogen and oxygen atoms in total. The van der Waals surface area contributed by atoms with E-state index < -0.39 is 0 Å². The monoisotopic (exact) mass is 132 g/mol. The van der Waals surface area contributed by atoms with Crippen molar-refractivity contribution >= 4 is 5.78 Å². The lowest BCUT2D eigenvalue weighted by Gasteiger charge is -2.03. The second kappa shape index (κ2) is 1.94. The quantitative estimate of drug-likeness (QED) is 0.491. The van der Waals surface area contributed by atoms with Crippen LogP contribution in [0.2, 0.25) is 0 Å². The zero-order chi connectivity index (χ0) is 6.97. The molecule has 0 atom stereocenters. The third kappa shape index (κ3) is 0.670. The average Bonchev–Trinajstić information content (AvgIpc) is 2.36. The van der Waals surface area contributed by atoms with Gasteiger partial charge in [-0.05, 0) is 24.5 Å². The summed E-state index contributed by atoms with van der Waals surface area (Å²) < 4.78 is 0. The van der Waals surface area contributed by atoms with Crippen molar-refractivity contribution < 1.29 is 4.79 Å². The minimum absolute atomic E-state index is 0.176. The maximum absolute atomic E-state index is 11.1. The van der Waals surface area contributed by atoms with E-state index >= 15 is 0 Å². The topological polar surface area (TPSA) is 17.1 Å². The first-order valence-electron chi connectivity index (χ1n) is 3.50. The van der Waals surface area contributed by atoms with E-state index in [0.717, 1.165) is 18.4 Å². The van der Waals surface area contributed by atoms with Crippen molar-refractivity contribution in [3.05, 3.63) is 35.5 Å². The number of rotatable bonds is 0. The molecule has 0 unspecified atom stereocenters. The van der Waals surface area contributed by atoms with E-state index in [-0.39, 0.29) is 5.78 Å². The van der Waals surface area contributed by atoms with Gasteiger partial charge in [0.05, 0.1) is 0 Å². The van der Waals surface area contributed by atoms with Gasteiger partial charge in [0.1, 0.15) is 0 Å². The minimum Gasteiger partial charge on any atom is -0.289 e. The summed E-state index contributed by atoms with van der Waals surface area (Å²) in [6.45, 7) is 0. The van der Waals surface area contributed by atoms with Crippen molar-refractivity contribution in [1.82, 2.24) is 0 Å². The highest BCUT2D eigenvalue weighted by Crippen LogP contribution is 2.27. The Labute approximate surface area is 59.7 Å². The predicted octanol–water partition coefficient (Wildman–Crippen LogP) is 1.77. The number of carbonyl (C=O) groups excluding carboxylic acids is 1. The van der Waals surface area contributed by atoms with Gasteiger partial charge in [-0.25, -0.2) is 0 Å². The van der Waals surface area contributed by atoms with Crippen LogP contribution in [0.1, 0.15) is 12.8 Å². The Morgan fingerprint density at radius 3 is 3.10 bits per heavy atom. The number of ketones is 1. The molecule has 0 heterocycles. The number of hydrogen-bond donors (Lipinski definition) is 0. The molecule has 0 saturated heterocycles. The van der Waals surface area contributed by atoms with Crippen molar-refractivity contribution in [2.24, 2.45) is 0 Å². The summed E-state index contributed by atoms with van der Waals surface area (Å²) in [5, 5.41) is 0. The van der Waals surface area contributed by atoms with E-state index in [9.17, 15) is 4.79 Å². The van der Waals surface area contributed by atoms with Crippen LogP contribution in [0.3, 0.4) is 0 Å². The van der Waals surface area contributed by atoms with Gasteiger partial charge in [-0.15, -0.1) is 0 Å². The molecule has 0 spiro atoms. The van der Waals surface area contributed by atoms with E-state index in [1.165, 1.54) is 5.57 Å². The van der Waals surface area contributed by atoms with Crippen LogP contribution in [0.15, 0.2) is 35.5 Å². The number of carbonyl (C=O) groups is 1. The molecule has 0 fully saturated rings. The third-order valence-corrected chi connectivity index (χ3v) is 1.92. The standard InChI is InChI=1S/C9H8O/c10-9-6-2-4-7-3-1-5-8(7)9/h2,4-6H,1,3H2. The van der Waals surface area contributed by atoms with E-state index in [4.69, 9.17) is 0 Å². The fraction of sp³-hybridized carbons (Fsp3) is 0.222. The number of fused-ring (bicyclic) bond motifs is 1. The Hall–Kier alpha value is -1.11. The van der Waals surface area contributed by atoms with Crippen LogP contribution in [0.4, 0.5) is 0 Å². The summed E-state index contributed by atoms with van der Waals surface area (Å²) in [6, 6.07) is 0. The molecule has 0 amide bonds. The van der Waals surface area contributed by atoms with Gasteiger partial charge in [0, 0.05) is 5.57 Å². The van der Waals surface area contributed by atoms with E-state index in [1.54, 1.807) is 6.08 Å². The van der Waals surface area contributed by atoms with Crippen LogP contribution < -0.4 is 0 Å². The molecule has 2 rings (SSSR count). The number of hydrogen-bond acceptors (Lipinski definition) is 1. The third-order valence-electron chi connectivity index (χ3n) is 1.92. The second-order valence-corrected chi connectivity index (χ2v) is 2.57. The zero-order valence-corrected chi connectivity index (χ0v) is 5.63. The summed E-state index contributed by atoms with van der Waals surface area (Å²) in [5.41, 5.74) is 2.15. The van der Waals surface area contributed by atoms with Gasteiger partial charge in [-0.1, -0.05) is 18.2 Å². The molecular formula is C9H8O. The summed E-state index contributed by atoms with van der Waals surface area (Å²) in [5.74, 6) is 0.176. The highest BCUT2D eigenvalue weighted by molar-refractivity contribution is 6.09. The minimum atomic E-state index is 0.176. The van der Waals surface area contributed by atoms with Crippen molar-refractivity contribution in [3.63, 3.8) is 0 Å². The van der Waals surface area contributed by atoms with Crippen LogP contribution in [-0.2, 0) is 4.79 Å². The molecule has 10 heavy (non-hydrogen) atoms. The normalized spacial score (nSPS) is 22.2. The fourth-order valence-corrected chi connectivity index (χ4v) is 1.41. The van der Waals surface area contributed by atoms with Gasteiger partial charge >= 0.3 is 0 Å². The Morgan fingerprint density at radius 2 is 2.30 bits per heavy atom. The number of allylic oxidation sites excluding steroid dienone is 6. The first-order valence-corrected chi connectivity index (χ1v) is 3.50. The van der Waals surface area contributed by atoms with Crippen molar-refractivity contribution in [2.45, 2.75) is 12.8 Å². The first kappa shape index (κ1) is 5.66. The summed E-state index contributed by atoms with van der Waals surface area (Å²) in [7, 11) is 0. The molecule has 0 bridgehead atoms. The molecule has 50 valence electrons. The zero-order valence-electron chi connectivity index (χ0n) is 5.63. The van der Waals surface area contributed by atoms with Gasteiger partial charge in [-0.3, -0.25) is 4.79 Å². The average molecular weight is 132 g/mol. The fourth-order valence-electron chi connectivity index (χ4n) is 1.41. The lowest BCUT2D eigenvalue weighted by molar-refractivity contribution is -0.111. The Morgan fingerprint density at radius 1 is 1.40 bits per heavy atom. The lowest BCUT2D eigenvalue weighted by Crippen LogP contribution is -2.00. The Bertz CT molecular complexity index is 266. The Kier molecular flexibility index (Phi) is 1.10. The largest absolute Gasteiger partial charge is 0.289 e. The molecule has 0 N–H and O–H groups in total. The van der Waals surface area contributed by atoms with Crippen LogP contribution in [0, 0.1) is 0 Å². The van der Waals surface area contributed by atoms with Crippen molar-refractivity contribution in [3.8, 4) is 0 Å². The van der Waals surface area contributed by atoms with Gasteiger partial charge in [0.25, 0.3) is 0 Å². The maximum Gasteiger partial charge on any atom is 0.185 e. The predicted molar refractivity (Wildman–Crippen MR) is 39.5 cm³/mol. The van der Waals surface area contributed by atoms with E-state index in [1.807, 2.05) is 18.2 Å². The van der Waals surface area contributed by atoms with Gasteiger partial charge < -0.3 is 0 Å². The summed E-state index contributed by atoms with van der Waals surface area (Å²) in [6.07, 6.45) is 9.60. The second-order valence-electron chi connectivity index (χ2n) is 2.57. The van der Waals surface area contributed by atoms with Crippen molar-refractivity contribution in [2.75, 3.05) is 0 Å². The van der Waals surface area contributed by atoms with E-state index in [0.29, 0.717) is 0 Å². The highest BCUT2D eigenvalue weighted by atomic mass is 16.1. The summed E-state index contributed by atoms with van der Waals surface area (Å²) >= 11 is 0. The molecule has 0 aromatic rings. The van der Waals surface area contributed by atoms with Crippen LogP contribution in [0.25, 0.3) is 0 Å². The van der Waals surface area contributed by atoms with E-state index in [2.05, 4.69) is 0 Å². The smallest absolute Gasteiger partial charge is 0.185 e. The van der Waals surface area contributed by atoms with Gasteiger partial charge in [-0.2, -0.15) is 0 Å². The van der Waals surface area contributed by atoms with Crippen LogP contribution in [0.5, 0.6) is 0 Å². The SMILES string of the molecule is O=C1C=CC=C2CCC=C12. The van der Waals surface area contributed by atoms with Crippen LogP contribution in [-0.4, -0.2) is 5.78 Å².